The Morgan fingerprint density at radius 1 is 1.15 bits per heavy atom. The summed E-state index contributed by atoms with van der Waals surface area (Å²) in [6, 6.07) is 6.81. The Balaban J connectivity index is 1.83. The van der Waals surface area contributed by atoms with Gasteiger partial charge in [-0.05, 0) is 43.5 Å². The molecule has 1 aromatic rings. The normalized spacial score (nSPS) is 14.8. The van der Waals surface area contributed by atoms with Gasteiger partial charge in [0.15, 0.2) is 0 Å². The second kappa shape index (κ2) is 6.93. The molecule has 5 nitrogen and oxygen atoms in total. The van der Waals surface area contributed by atoms with Crippen molar-refractivity contribution in [1.82, 2.24) is 10.2 Å². The van der Waals surface area contributed by atoms with Gasteiger partial charge in [-0.2, -0.15) is 0 Å². The average molecular weight is 276 g/mol. The molecule has 2 rings (SSSR count). The SMILES string of the molecule is COc1ccc(C(=O)NCC(=O)N2CCCCC2)cc1. The zero-order valence-electron chi connectivity index (χ0n) is 11.7. The summed E-state index contributed by atoms with van der Waals surface area (Å²) < 4.78 is 5.03. The highest BCUT2D eigenvalue weighted by molar-refractivity contribution is 5.96. The van der Waals surface area contributed by atoms with Gasteiger partial charge in [0.25, 0.3) is 5.91 Å². The van der Waals surface area contributed by atoms with Gasteiger partial charge in [-0.15, -0.1) is 0 Å². The van der Waals surface area contributed by atoms with Crippen LogP contribution >= 0.6 is 0 Å². The number of ether oxygens (including phenoxy) is 1. The minimum atomic E-state index is -0.238. The number of nitrogens with one attached hydrogen (secondary N) is 1. The number of methoxy groups -OCH3 is 1. The third kappa shape index (κ3) is 3.73. The minimum Gasteiger partial charge on any atom is -0.497 e. The Kier molecular flexibility index (Phi) is 4.98. The molecule has 1 aliphatic heterocycles. The molecule has 0 atom stereocenters. The maximum atomic E-state index is 11.9. The standard InChI is InChI=1S/C15H20N2O3/c1-20-13-7-5-12(6-8-13)15(19)16-11-14(18)17-9-3-2-4-10-17/h5-8H,2-4,9-11H2,1H3,(H,16,19). The van der Waals surface area contributed by atoms with Crippen molar-refractivity contribution in [2.75, 3.05) is 26.7 Å². The summed E-state index contributed by atoms with van der Waals surface area (Å²) in [6.07, 6.45) is 3.29. The molecule has 108 valence electrons. The summed E-state index contributed by atoms with van der Waals surface area (Å²) in [5.41, 5.74) is 0.525. The monoisotopic (exact) mass is 276 g/mol. The summed E-state index contributed by atoms with van der Waals surface area (Å²) in [5.74, 6) is 0.454. The molecule has 1 fully saturated rings. The summed E-state index contributed by atoms with van der Waals surface area (Å²) >= 11 is 0. The molecule has 20 heavy (non-hydrogen) atoms. The van der Waals surface area contributed by atoms with Crippen molar-refractivity contribution in [3.63, 3.8) is 0 Å². The van der Waals surface area contributed by atoms with Crippen molar-refractivity contribution >= 4 is 11.8 Å². The number of hydrogen-bond acceptors (Lipinski definition) is 3. The van der Waals surface area contributed by atoms with Gasteiger partial charge in [0, 0.05) is 18.7 Å². The van der Waals surface area contributed by atoms with Crippen LogP contribution in [0.25, 0.3) is 0 Å². The first-order valence-corrected chi connectivity index (χ1v) is 6.91. The second-order valence-corrected chi connectivity index (χ2v) is 4.85. The topological polar surface area (TPSA) is 58.6 Å². The largest absolute Gasteiger partial charge is 0.497 e. The van der Waals surface area contributed by atoms with Crippen molar-refractivity contribution in [3.8, 4) is 5.75 Å². The molecule has 1 heterocycles. The van der Waals surface area contributed by atoms with E-state index in [1.165, 1.54) is 6.42 Å². The lowest BCUT2D eigenvalue weighted by Gasteiger charge is -2.26. The molecule has 0 aliphatic carbocycles. The number of rotatable bonds is 4. The zero-order valence-corrected chi connectivity index (χ0v) is 11.7. The van der Waals surface area contributed by atoms with Gasteiger partial charge in [0.1, 0.15) is 5.75 Å². The fourth-order valence-electron chi connectivity index (χ4n) is 2.26. The summed E-state index contributed by atoms with van der Waals surface area (Å²) in [4.78, 5) is 25.7. The average Bonchev–Trinajstić information content (AvgIpc) is 2.53. The third-order valence-corrected chi connectivity index (χ3v) is 3.46. The van der Waals surface area contributed by atoms with Crippen molar-refractivity contribution in [2.45, 2.75) is 19.3 Å². The molecule has 0 radical (unpaired) electrons. The van der Waals surface area contributed by atoms with E-state index in [0.717, 1.165) is 25.9 Å². The van der Waals surface area contributed by atoms with Gasteiger partial charge < -0.3 is 15.0 Å². The number of amides is 2. The lowest BCUT2D eigenvalue weighted by atomic mass is 10.1. The lowest BCUT2D eigenvalue weighted by Crippen LogP contribution is -2.42. The van der Waals surface area contributed by atoms with Crippen LogP contribution in [0, 0.1) is 0 Å². The fourth-order valence-corrected chi connectivity index (χ4v) is 2.26. The number of nitrogens with zero attached hydrogens (tertiary/aromatic N) is 1. The van der Waals surface area contributed by atoms with E-state index in [0.29, 0.717) is 11.3 Å². The van der Waals surface area contributed by atoms with Crippen molar-refractivity contribution < 1.29 is 14.3 Å². The van der Waals surface area contributed by atoms with Crippen LogP contribution in [0.4, 0.5) is 0 Å². The van der Waals surface area contributed by atoms with E-state index in [4.69, 9.17) is 4.74 Å². The second-order valence-electron chi connectivity index (χ2n) is 4.85. The molecular weight excluding hydrogens is 256 g/mol. The summed E-state index contributed by atoms with van der Waals surface area (Å²) in [7, 11) is 1.58. The molecule has 1 aliphatic rings. The predicted octanol–water partition coefficient (Wildman–Crippen LogP) is 1.44. The fraction of sp³-hybridized carbons (Fsp3) is 0.467. The molecule has 0 aromatic heterocycles. The number of piperidine rings is 1. The molecule has 1 aromatic carbocycles. The van der Waals surface area contributed by atoms with Crippen LogP contribution in [0.5, 0.6) is 5.75 Å². The number of hydrogen-bond donors (Lipinski definition) is 1. The van der Waals surface area contributed by atoms with Gasteiger partial charge in [-0.3, -0.25) is 9.59 Å². The van der Waals surface area contributed by atoms with E-state index in [2.05, 4.69) is 5.32 Å². The van der Waals surface area contributed by atoms with Crippen LogP contribution in [-0.4, -0.2) is 43.5 Å². The molecule has 0 bridgehead atoms. The van der Waals surface area contributed by atoms with Crippen molar-refractivity contribution in [1.29, 1.82) is 0 Å². The first-order valence-electron chi connectivity index (χ1n) is 6.91. The first kappa shape index (κ1) is 14.4. The Morgan fingerprint density at radius 3 is 2.40 bits per heavy atom. The lowest BCUT2D eigenvalue weighted by molar-refractivity contribution is -0.130. The highest BCUT2D eigenvalue weighted by atomic mass is 16.5. The third-order valence-electron chi connectivity index (χ3n) is 3.46. The van der Waals surface area contributed by atoms with E-state index in [1.54, 1.807) is 31.4 Å². The number of carbonyl (C=O) groups is 2. The van der Waals surface area contributed by atoms with Gasteiger partial charge in [0.05, 0.1) is 13.7 Å². The Hall–Kier alpha value is -2.04. The highest BCUT2D eigenvalue weighted by Crippen LogP contribution is 2.11. The Labute approximate surface area is 118 Å². The quantitative estimate of drug-likeness (QED) is 0.905. The molecular formula is C15H20N2O3. The highest BCUT2D eigenvalue weighted by Gasteiger charge is 2.17. The van der Waals surface area contributed by atoms with Crippen LogP contribution < -0.4 is 10.1 Å². The van der Waals surface area contributed by atoms with Gasteiger partial charge >= 0.3 is 0 Å². The number of carbonyl (C=O) groups excluding carboxylic acids is 2. The van der Waals surface area contributed by atoms with Gasteiger partial charge in [-0.25, -0.2) is 0 Å². The maximum Gasteiger partial charge on any atom is 0.251 e. The Bertz CT molecular complexity index is 465. The number of benzene rings is 1. The smallest absolute Gasteiger partial charge is 0.251 e. The number of likely N-dealkylation sites (tertiary alicyclic amines) is 1. The molecule has 0 spiro atoms. The van der Waals surface area contributed by atoms with Crippen LogP contribution in [-0.2, 0) is 4.79 Å². The van der Waals surface area contributed by atoms with Gasteiger partial charge in [0.2, 0.25) is 5.91 Å². The first-order chi connectivity index (χ1) is 9.70. The molecule has 2 amide bonds. The van der Waals surface area contributed by atoms with Crippen LogP contribution in [0.1, 0.15) is 29.6 Å². The molecule has 1 saturated heterocycles. The van der Waals surface area contributed by atoms with Crippen LogP contribution in [0.3, 0.4) is 0 Å². The predicted molar refractivity (Wildman–Crippen MR) is 75.8 cm³/mol. The van der Waals surface area contributed by atoms with Crippen molar-refractivity contribution in [3.05, 3.63) is 29.8 Å². The maximum absolute atomic E-state index is 11.9. The summed E-state index contributed by atoms with van der Waals surface area (Å²) in [6.45, 7) is 1.67. The Morgan fingerprint density at radius 2 is 1.80 bits per heavy atom. The molecule has 0 unspecified atom stereocenters. The molecule has 1 N–H and O–H groups in total. The van der Waals surface area contributed by atoms with Crippen LogP contribution in [0.15, 0.2) is 24.3 Å². The zero-order chi connectivity index (χ0) is 14.4. The minimum absolute atomic E-state index is 0.00781. The van der Waals surface area contributed by atoms with E-state index < -0.39 is 0 Å². The van der Waals surface area contributed by atoms with E-state index in [-0.39, 0.29) is 18.4 Å². The van der Waals surface area contributed by atoms with Crippen molar-refractivity contribution in [2.24, 2.45) is 0 Å². The van der Waals surface area contributed by atoms with E-state index >= 15 is 0 Å². The van der Waals surface area contributed by atoms with Gasteiger partial charge in [-0.1, -0.05) is 0 Å². The van der Waals surface area contributed by atoms with E-state index in [9.17, 15) is 9.59 Å². The summed E-state index contributed by atoms with van der Waals surface area (Å²) in [5, 5.41) is 2.66. The molecule has 5 heteroatoms. The van der Waals surface area contributed by atoms with E-state index in [1.807, 2.05) is 4.90 Å². The van der Waals surface area contributed by atoms with Crippen LogP contribution in [0.2, 0.25) is 0 Å². The molecule has 0 saturated carbocycles.